The van der Waals surface area contributed by atoms with Gasteiger partial charge in [0.2, 0.25) is 11.8 Å². The first-order valence-corrected chi connectivity index (χ1v) is 9.18. The van der Waals surface area contributed by atoms with E-state index in [0.717, 1.165) is 56.8 Å². The number of aromatic nitrogens is 2. The number of benzene rings is 1. The maximum atomic E-state index is 12.7. The van der Waals surface area contributed by atoms with Gasteiger partial charge in [0.25, 0.3) is 0 Å². The molecule has 2 aliphatic heterocycles. The molecule has 0 atom stereocenters. The molecule has 1 aromatic heterocycles. The Morgan fingerprint density at radius 3 is 2.62 bits per heavy atom. The lowest BCUT2D eigenvalue weighted by atomic mass is 9.74. The van der Waals surface area contributed by atoms with Gasteiger partial charge in [-0.1, -0.05) is 0 Å². The molecule has 0 bridgehead atoms. The van der Waals surface area contributed by atoms with Crippen LogP contribution in [0, 0.1) is 12.3 Å². The summed E-state index contributed by atoms with van der Waals surface area (Å²) < 4.78 is 10.9. The van der Waals surface area contributed by atoms with Gasteiger partial charge in [0.05, 0.1) is 0 Å². The van der Waals surface area contributed by atoms with Gasteiger partial charge < -0.3 is 19.4 Å². The normalized spacial score (nSPS) is 19.5. The predicted octanol–water partition coefficient (Wildman–Crippen LogP) is 3.47. The van der Waals surface area contributed by atoms with E-state index in [1.54, 1.807) is 6.92 Å². The summed E-state index contributed by atoms with van der Waals surface area (Å²) in [5, 5.41) is 10.8. The molecule has 2 aliphatic rings. The smallest absolute Gasteiger partial charge is 0.321 e. The molecule has 7 nitrogen and oxygen atoms in total. The van der Waals surface area contributed by atoms with Crippen LogP contribution in [0.15, 0.2) is 28.7 Å². The summed E-state index contributed by atoms with van der Waals surface area (Å²) in [5.74, 6) is 1.02. The topological polar surface area (TPSA) is 80.5 Å². The Morgan fingerprint density at radius 1 is 1.15 bits per heavy atom. The molecule has 138 valence electrons. The van der Waals surface area contributed by atoms with Crippen molar-refractivity contribution in [2.75, 3.05) is 31.6 Å². The fourth-order valence-electron chi connectivity index (χ4n) is 3.91. The first kappa shape index (κ1) is 17.0. The molecule has 0 saturated carbocycles. The van der Waals surface area contributed by atoms with Crippen molar-refractivity contribution in [2.24, 2.45) is 5.41 Å². The van der Waals surface area contributed by atoms with Crippen LogP contribution >= 0.6 is 0 Å². The van der Waals surface area contributed by atoms with Crippen LogP contribution in [0.3, 0.4) is 0 Å². The van der Waals surface area contributed by atoms with Crippen molar-refractivity contribution in [3.05, 3.63) is 30.2 Å². The lowest BCUT2D eigenvalue weighted by molar-refractivity contribution is -0.0175. The zero-order valence-electron chi connectivity index (χ0n) is 15.0. The number of likely N-dealkylation sites (tertiary alicyclic amines) is 1. The predicted molar refractivity (Wildman–Crippen MR) is 96.8 cm³/mol. The first-order chi connectivity index (χ1) is 12.6. The first-order valence-electron chi connectivity index (χ1n) is 9.18. The van der Waals surface area contributed by atoms with Gasteiger partial charge in [-0.15, -0.1) is 10.2 Å². The van der Waals surface area contributed by atoms with Gasteiger partial charge in [0.15, 0.2) is 0 Å². The van der Waals surface area contributed by atoms with Crippen LogP contribution in [-0.4, -0.2) is 47.4 Å². The van der Waals surface area contributed by atoms with E-state index in [1.165, 1.54) is 6.42 Å². The van der Waals surface area contributed by atoms with Crippen molar-refractivity contribution < 1.29 is 13.9 Å². The van der Waals surface area contributed by atoms with Crippen molar-refractivity contribution in [3.8, 4) is 11.5 Å². The van der Waals surface area contributed by atoms with Gasteiger partial charge in [0, 0.05) is 44.5 Å². The summed E-state index contributed by atoms with van der Waals surface area (Å²) in [4.78, 5) is 14.6. The van der Waals surface area contributed by atoms with E-state index in [0.29, 0.717) is 11.8 Å². The van der Waals surface area contributed by atoms with Crippen LogP contribution in [0.5, 0.6) is 0 Å². The number of ether oxygens (including phenoxy) is 1. The molecule has 0 radical (unpaired) electrons. The van der Waals surface area contributed by atoms with E-state index in [4.69, 9.17) is 9.15 Å². The molecule has 26 heavy (non-hydrogen) atoms. The van der Waals surface area contributed by atoms with Gasteiger partial charge >= 0.3 is 6.03 Å². The highest BCUT2D eigenvalue weighted by atomic mass is 16.5. The molecule has 7 heteroatoms. The average Bonchev–Trinajstić information content (AvgIpc) is 3.09. The summed E-state index contributed by atoms with van der Waals surface area (Å²) in [7, 11) is 0. The molecule has 3 heterocycles. The highest BCUT2D eigenvalue weighted by molar-refractivity contribution is 5.89. The van der Waals surface area contributed by atoms with Crippen molar-refractivity contribution in [3.63, 3.8) is 0 Å². The third kappa shape index (κ3) is 3.58. The summed E-state index contributed by atoms with van der Waals surface area (Å²) in [6, 6.07) is 7.44. The molecule has 1 N–H and O–H groups in total. The van der Waals surface area contributed by atoms with Crippen molar-refractivity contribution in [2.45, 2.75) is 32.6 Å². The van der Waals surface area contributed by atoms with Crippen LogP contribution in [0.25, 0.3) is 11.5 Å². The van der Waals surface area contributed by atoms with E-state index in [2.05, 4.69) is 15.5 Å². The van der Waals surface area contributed by atoms with Gasteiger partial charge in [-0.3, -0.25) is 0 Å². The summed E-state index contributed by atoms with van der Waals surface area (Å²) in [6.07, 6.45) is 4.35. The Morgan fingerprint density at radius 2 is 1.92 bits per heavy atom. The van der Waals surface area contributed by atoms with Gasteiger partial charge in [0.1, 0.15) is 0 Å². The zero-order chi connectivity index (χ0) is 18.0. The highest BCUT2D eigenvalue weighted by Crippen LogP contribution is 2.39. The molecule has 0 aliphatic carbocycles. The summed E-state index contributed by atoms with van der Waals surface area (Å²) >= 11 is 0. The van der Waals surface area contributed by atoms with Crippen LogP contribution in [0.4, 0.5) is 10.5 Å². The quantitative estimate of drug-likeness (QED) is 0.891. The number of rotatable bonds is 2. The Balaban J connectivity index is 1.39. The minimum atomic E-state index is -0.0306. The van der Waals surface area contributed by atoms with E-state index < -0.39 is 0 Å². The SMILES string of the molecule is Cc1nnc(-c2ccc(NC(=O)N3CCCC4(CCOCC4)C3)cc2)o1. The number of urea groups is 1. The maximum absolute atomic E-state index is 12.7. The summed E-state index contributed by atoms with van der Waals surface area (Å²) in [5.41, 5.74) is 1.84. The number of carbonyl (C=O) groups excluding carboxylic acids is 1. The van der Waals surface area contributed by atoms with Gasteiger partial charge in [-0.25, -0.2) is 4.79 Å². The van der Waals surface area contributed by atoms with Gasteiger partial charge in [-0.2, -0.15) is 0 Å². The summed E-state index contributed by atoms with van der Waals surface area (Å²) in [6.45, 7) is 5.02. The zero-order valence-corrected chi connectivity index (χ0v) is 15.0. The largest absolute Gasteiger partial charge is 0.421 e. The Bertz CT molecular complexity index is 760. The number of aryl methyl sites for hydroxylation is 1. The standard InChI is InChI=1S/C19H24N4O3/c1-14-21-22-17(26-14)15-3-5-16(6-4-15)20-18(24)23-10-2-7-19(13-23)8-11-25-12-9-19/h3-6H,2,7-13H2,1H3,(H,20,24). The third-order valence-electron chi connectivity index (χ3n) is 5.41. The molecule has 2 fully saturated rings. The fourth-order valence-corrected chi connectivity index (χ4v) is 3.91. The van der Waals surface area contributed by atoms with Crippen molar-refractivity contribution in [1.29, 1.82) is 0 Å². The second kappa shape index (κ2) is 7.07. The number of piperidine rings is 1. The monoisotopic (exact) mass is 356 g/mol. The Kier molecular flexibility index (Phi) is 4.63. The average molecular weight is 356 g/mol. The van der Waals surface area contributed by atoms with Crippen LogP contribution in [0.1, 0.15) is 31.6 Å². The third-order valence-corrected chi connectivity index (χ3v) is 5.41. The van der Waals surface area contributed by atoms with Crippen LogP contribution in [0.2, 0.25) is 0 Å². The number of amides is 2. The lowest BCUT2D eigenvalue weighted by Crippen LogP contribution is -2.49. The number of nitrogens with one attached hydrogen (secondary N) is 1. The minimum Gasteiger partial charge on any atom is -0.421 e. The molecular weight excluding hydrogens is 332 g/mol. The minimum absolute atomic E-state index is 0.0306. The van der Waals surface area contributed by atoms with Gasteiger partial charge in [-0.05, 0) is 55.4 Å². The second-order valence-electron chi connectivity index (χ2n) is 7.27. The molecule has 1 spiro atoms. The van der Waals surface area contributed by atoms with E-state index in [9.17, 15) is 4.79 Å². The molecule has 4 rings (SSSR count). The van der Waals surface area contributed by atoms with Crippen LogP contribution in [-0.2, 0) is 4.74 Å². The molecular formula is C19H24N4O3. The molecule has 2 amide bonds. The molecule has 2 saturated heterocycles. The van der Waals surface area contributed by atoms with Crippen molar-refractivity contribution >= 4 is 11.7 Å². The number of carbonyl (C=O) groups is 1. The molecule has 1 aromatic carbocycles. The Labute approximate surface area is 152 Å². The number of hydrogen-bond donors (Lipinski definition) is 1. The number of hydrogen-bond acceptors (Lipinski definition) is 5. The number of nitrogens with zero attached hydrogens (tertiary/aromatic N) is 3. The van der Waals surface area contributed by atoms with E-state index >= 15 is 0 Å². The molecule has 0 unspecified atom stereocenters. The van der Waals surface area contributed by atoms with Crippen molar-refractivity contribution in [1.82, 2.24) is 15.1 Å². The fraction of sp³-hybridized carbons (Fsp3) is 0.526. The van der Waals surface area contributed by atoms with Crippen LogP contribution < -0.4 is 5.32 Å². The van der Waals surface area contributed by atoms with E-state index in [1.807, 2.05) is 29.2 Å². The maximum Gasteiger partial charge on any atom is 0.321 e. The number of anilines is 1. The highest BCUT2D eigenvalue weighted by Gasteiger charge is 2.38. The Hall–Kier alpha value is -2.41. The van der Waals surface area contributed by atoms with E-state index in [-0.39, 0.29) is 11.4 Å². The molecule has 2 aromatic rings. The second-order valence-corrected chi connectivity index (χ2v) is 7.27. The lowest BCUT2D eigenvalue weighted by Gasteiger charge is -2.44.